The number of fused-ring (bicyclic) bond motifs is 1. The minimum atomic E-state index is 0.0693. The molecule has 0 fully saturated rings. The average Bonchev–Trinajstić information content (AvgIpc) is 2.28. The molecular formula is C12H13NO2. The van der Waals surface area contributed by atoms with Crippen molar-refractivity contribution in [2.24, 2.45) is 11.1 Å². The van der Waals surface area contributed by atoms with Crippen LogP contribution in [0, 0.1) is 5.92 Å². The fourth-order valence-electron chi connectivity index (χ4n) is 1.89. The Kier molecular flexibility index (Phi) is 2.46. The van der Waals surface area contributed by atoms with Gasteiger partial charge in [0.15, 0.2) is 0 Å². The highest BCUT2D eigenvalue weighted by Crippen LogP contribution is 2.29. The van der Waals surface area contributed by atoms with Gasteiger partial charge in [-0.1, -0.05) is 36.3 Å². The fraction of sp³-hybridized carbons (Fsp3) is 0.250. The molecule has 1 N–H and O–H groups in total. The standard InChI is InChI=1S/C12H13NO2/c1-8-7-11(15-2)9-5-3-4-6-10(9)12(8)13-14/h3-8,14H,1-2H3/b13-12+. The van der Waals surface area contributed by atoms with Crippen LogP contribution in [-0.4, -0.2) is 18.0 Å². The first kappa shape index (κ1) is 9.77. The minimum Gasteiger partial charge on any atom is -0.496 e. The van der Waals surface area contributed by atoms with Crippen LogP contribution in [0.1, 0.15) is 18.1 Å². The van der Waals surface area contributed by atoms with E-state index in [0.29, 0.717) is 5.71 Å². The number of rotatable bonds is 1. The molecule has 0 aliphatic heterocycles. The van der Waals surface area contributed by atoms with Crippen molar-refractivity contribution in [1.82, 2.24) is 0 Å². The summed E-state index contributed by atoms with van der Waals surface area (Å²) in [5, 5.41) is 12.3. The molecule has 1 aliphatic rings. The molecule has 78 valence electrons. The minimum absolute atomic E-state index is 0.0693. The maximum Gasteiger partial charge on any atom is 0.123 e. The predicted octanol–water partition coefficient (Wildman–Crippen LogP) is 2.50. The molecule has 2 rings (SSSR count). The third kappa shape index (κ3) is 1.50. The highest BCUT2D eigenvalue weighted by Gasteiger charge is 2.23. The van der Waals surface area contributed by atoms with Crippen molar-refractivity contribution in [3.63, 3.8) is 0 Å². The molecule has 1 aliphatic carbocycles. The van der Waals surface area contributed by atoms with E-state index in [0.717, 1.165) is 16.9 Å². The van der Waals surface area contributed by atoms with Crippen molar-refractivity contribution in [3.8, 4) is 0 Å². The van der Waals surface area contributed by atoms with E-state index in [1.807, 2.05) is 37.3 Å². The van der Waals surface area contributed by atoms with Gasteiger partial charge in [-0.3, -0.25) is 0 Å². The third-order valence-electron chi connectivity index (χ3n) is 2.63. The number of allylic oxidation sites excluding steroid dienone is 1. The topological polar surface area (TPSA) is 41.8 Å². The van der Waals surface area contributed by atoms with Crippen molar-refractivity contribution in [3.05, 3.63) is 41.5 Å². The van der Waals surface area contributed by atoms with Crippen LogP contribution in [0.2, 0.25) is 0 Å². The van der Waals surface area contributed by atoms with Crippen molar-refractivity contribution in [1.29, 1.82) is 0 Å². The molecule has 0 bridgehead atoms. The van der Waals surface area contributed by atoms with Crippen molar-refractivity contribution in [2.45, 2.75) is 6.92 Å². The molecule has 1 unspecified atom stereocenters. The second-order valence-electron chi connectivity index (χ2n) is 3.55. The molecular weight excluding hydrogens is 190 g/mol. The van der Waals surface area contributed by atoms with Crippen LogP contribution in [0.5, 0.6) is 0 Å². The van der Waals surface area contributed by atoms with E-state index in [1.54, 1.807) is 7.11 Å². The lowest BCUT2D eigenvalue weighted by molar-refractivity contribution is 0.316. The van der Waals surface area contributed by atoms with Gasteiger partial charge in [0.25, 0.3) is 0 Å². The predicted molar refractivity (Wildman–Crippen MR) is 58.9 cm³/mol. The van der Waals surface area contributed by atoms with E-state index in [1.165, 1.54) is 0 Å². The van der Waals surface area contributed by atoms with Crippen LogP contribution in [0.25, 0.3) is 5.76 Å². The zero-order valence-electron chi connectivity index (χ0n) is 8.77. The van der Waals surface area contributed by atoms with Crippen LogP contribution in [0.3, 0.4) is 0 Å². The zero-order valence-corrected chi connectivity index (χ0v) is 8.77. The van der Waals surface area contributed by atoms with Crippen LogP contribution in [-0.2, 0) is 4.74 Å². The lowest BCUT2D eigenvalue weighted by atomic mass is 9.87. The van der Waals surface area contributed by atoms with Gasteiger partial charge in [-0.05, 0) is 6.08 Å². The summed E-state index contributed by atoms with van der Waals surface area (Å²) in [6.07, 6.45) is 1.96. The highest BCUT2D eigenvalue weighted by atomic mass is 16.5. The normalized spacial score (nSPS) is 22.1. The Morgan fingerprint density at radius 1 is 1.27 bits per heavy atom. The van der Waals surface area contributed by atoms with E-state index < -0.39 is 0 Å². The van der Waals surface area contributed by atoms with E-state index in [2.05, 4.69) is 5.16 Å². The molecule has 0 aromatic heterocycles. The van der Waals surface area contributed by atoms with E-state index in [9.17, 15) is 0 Å². The van der Waals surface area contributed by atoms with Gasteiger partial charge < -0.3 is 9.94 Å². The number of nitrogens with zero attached hydrogens (tertiary/aromatic N) is 1. The Hall–Kier alpha value is -1.77. The Morgan fingerprint density at radius 2 is 1.93 bits per heavy atom. The molecule has 3 heteroatoms. The van der Waals surface area contributed by atoms with E-state index in [-0.39, 0.29) is 5.92 Å². The quantitative estimate of drug-likeness (QED) is 0.562. The maximum absolute atomic E-state index is 8.99. The number of methoxy groups -OCH3 is 1. The molecule has 0 radical (unpaired) electrons. The molecule has 1 atom stereocenters. The Morgan fingerprint density at radius 3 is 2.53 bits per heavy atom. The van der Waals surface area contributed by atoms with Crippen LogP contribution in [0.15, 0.2) is 35.5 Å². The van der Waals surface area contributed by atoms with Crippen LogP contribution >= 0.6 is 0 Å². The monoisotopic (exact) mass is 203 g/mol. The molecule has 0 saturated heterocycles. The largest absolute Gasteiger partial charge is 0.496 e. The van der Waals surface area contributed by atoms with E-state index in [4.69, 9.17) is 9.94 Å². The van der Waals surface area contributed by atoms with Gasteiger partial charge in [-0.25, -0.2) is 0 Å². The van der Waals surface area contributed by atoms with Crippen molar-refractivity contribution >= 4 is 11.5 Å². The first-order chi connectivity index (χ1) is 7.27. The number of benzene rings is 1. The van der Waals surface area contributed by atoms with Crippen molar-refractivity contribution < 1.29 is 9.94 Å². The Labute approximate surface area is 88.7 Å². The number of hydrogen-bond donors (Lipinski definition) is 1. The highest BCUT2D eigenvalue weighted by molar-refractivity contribution is 6.08. The Bertz CT molecular complexity index is 435. The van der Waals surface area contributed by atoms with Gasteiger partial charge >= 0.3 is 0 Å². The summed E-state index contributed by atoms with van der Waals surface area (Å²) in [6.45, 7) is 1.98. The molecule has 0 spiro atoms. The molecule has 0 amide bonds. The maximum atomic E-state index is 8.99. The lowest BCUT2D eigenvalue weighted by Crippen LogP contribution is -2.18. The van der Waals surface area contributed by atoms with Gasteiger partial charge in [0, 0.05) is 17.0 Å². The lowest BCUT2D eigenvalue weighted by Gasteiger charge is -2.21. The molecule has 0 saturated carbocycles. The number of ether oxygens (including phenoxy) is 1. The summed E-state index contributed by atoms with van der Waals surface area (Å²) in [7, 11) is 1.65. The molecule has 3 nitrogen and oxygen atoms in total. The summed E-state index contributed by atoms with van der Waals surface area (Å²) in [5.41, 5.74) is 2.60. The second-order valence-corrected chi connectivity index (χ2v) is 3.55. The van der Waals surface area contributed by atoms with Gasteiger partial charge in [0.2, 0.25) is 0 Å². The first-order valence-electron chi connectivity index (χ1n) is 4.85. The average molecular weight is 203 g/mol. The van der Waals surface area contributed by atoms with Gasteiger partial charge in [-0.15, -0.1) is 0 Å². The first-order valence-corrected chi connectivity index (χ1v) is 4.85. The smallest absolute Gasteiger partial charge is 0.123 e. The third-order valence-corrected chi connectivity index (χ3v) is 2.63. The fourth-order valence-corrected chi connectivity index (χ4v) is 1.89. The second kappa shape index (κ2) is 3.77. The summed E-state index contributed by atoms with van der Waals surface area (Å²) in [6, 6.07) is 7.76. The van der Waals surface area contributed by atoms with Gasteiger partial charge in [0.05, 0.1) is 12.8 Å². The summed E-state index contributed by atoms with van der Waals surface area (Å²) < 4.78 is 5.31. The Balaban J connectivity index is 2.63. The SMILES string of the molecule is COC1=CC(C)/C(=N\O)c2ccccc21. The number of oxime groups is 1. The summed E-state index contributed by atoms with van der Waals surface area (Å²) >= 11 is 0. The summed E-state index contributed by atoms with van der Waals surface area (Å²) in [4.78, 5) is 0. The molecule has 0 heterocycles. The van der Waals surface area contributed by atoms with Gasteiger partial charge in [-0.2, -0.15) is 0 Å². The number of hydrogen-bond acceptors (Lipinski definition) is 3. The van der Waals surface area contributed by atoms with Crippen LogP contribution < -0.4 is 0 Å². The molecule has 15 heavy (non-hydrogen) atoms. The van der Waals surface area contributed by atoms with Crippen LogP contribution in [0.4, 0.5) is 0 Å². The molecule has 1 aromatic carbocycles. The van der Waals surface area contributed by atoms with Gasteiger partial charge in [0.1, 0.15) is 5.76 Å². The van der Waals surface area contributed by atoms with Crippen molar-refractivity contribution in [2.75, 3.05) is 7.11 Å². The molecule has 1 aromatic rings. The van der Waals surface area contributed by atoms with E-state index >= 15 is 0 Å². The zero-order chi connectivity index (χ0) is 10.8. The summed E-state index contributed by atoms with van der Waals surface area (Å²) in [5.74, 6) is 0.908.